The predicted octanol–water partition coefficient (Wildman–Crippen LogP) is 3.52. The lowest BCUT2D eigenvalue weighted by Gasteiger charge is -1.86. The number of hydrogen-bond acceptors (Lipinski definition) is 2. The lowest BCUT2D eigenvalue weighted by atomic mass is 10.3. The van der Waals surface area contributed by atoms with E-state index in [0.717, 1.165) is 21.9 Å². The van der Waals surface area contributed by atoms with Crippen molar-refractivity contribution in [3.05, 3.63) is 24.3 Å². The zero-order chi connectivity index (χ0) is 8.39. The zero-order valence-corrected chi connectivity index (χ0v) is 10.1. The second kappa shape index (κ2) is 6.17. The van der Waals surface area contributed by atoms with Gasteiger partial charge < -0.3 is 4.98 Å². The number of rotatable bonds is 2. The number of thioether (sulfide) groups is 1. The normalized spacial score (nSPS) is 9.21. The molecule has 1 N–H and O–H groups in total. The SMILES string of the molecule is CCSc1nc2ccccc2[nH]1.Cl.Cl. The van der Waals surface area contributed by atoms with Crippen molar-refractivity contribution in [3.8, 4) is 0 Å². The summed E-state index contributed by atoms with van der Waals surface area (Å²) in [5, 5.41) is 1.01. The van der Waals surface area contributed by atoms with Crippen LogP contribution in [0.3, 0.4) is 0 Å². The number of aromatic amines is 1. The number of aromatic nitrogens is 2. The molecular formula is C9H12Cl2N2S. The average molecular weight is 251 g/mol. The molecule has 2 nitrogen and oxygen atoms in total. The summed E-state index contributed by atoms with van der Waals surface area (Å²) in [5.74, 6) is 1.06. The number of imidazole rings is 1. The molecule has 0 saturated heterocycles. The Bertz CT molecular complexity index is 356. The lowest BCUT2D eigenvalue weighted by Crippen LogP contribution is -1.73. The van der Waals surface area contributed by atoms with E-state index in [1.807, 2.05) is 24.3 Å². The molecule has 1 aromatic carbocycles. The number of para-hydroxylation sites is 2. The van der Waals surface area contributed by atoms with E-state index in [2.05, 4.69) is 16.9 Å². The van der Waals surface area contributed by atoms with Crippen LogP contribution in [-0.2, 0) is 0 Å². The van der Waals surface area contributed by atoms with Crippen molar-refractivity contribution in [2.75, 3.05) is 5.75 Å². The third-order valence-corrected chi connectivity index (χ3v) is 2.40. The van der Waals surface area contributed by atoms with Gasteiger partial charge in [-0.2, -0.15) is 0 Å². The van der Waals surface area contributed by atoms with E-state index >= 15 is 0 Å². The highest BCUT2D eigenvalue weighted by Crippen LogP contribution is 2.18. The number of hydrogen-bond donors (Lipinski definition) is 1. The lowest BCUT2D eigenvalue weighted by molar-refractivity contribution is 1.08. The van der Waals surface area contributed by atoms with Crippen molar-refractivity contribution >= 4 is 47.6 Å². The molecule has 2 aromatic rings. The number of nitrogens with one attached hydrogen (secondary N) is 1. The van der Waals surface area contributed by atoms with Gasteiger partial charge in [-0.1, -0.05) is 30.8 Å². The summed E-state index contributed by atoms with van der Waals surface area (Å²) in [5.41, 5.74) is 2.17. The maximum Gasteiger partial charge on any atom is 0.166 e. The molecule has 2 rings (SSSR count). The number of nitrogens with zero attached hydrogens (tertiary/aromatic N) is 1. The Balaban J connectivity index is 0.000000845. The van der Waals surface area contributed by atoms with Gasteiger partial charge in [0, 0.05) is 0 Å². The van der Waals surface area contributed by atoms with Crippen molar-refractivity contribution in [2.45, 2.75) is 12.1 Å². The van der Waals surface area contributed by atoms with Gasteiger partial charge in [0.2, 0.25) is 0 Å². The van der Waals surface area contributed by atoms with Crippen molar-refractivity contribution in [2.24, 2.45) is 0 Å². The first-order valence-electron chi connectivity index (χ1n) is 3.97. The Morgan fingerprint density at radius 1 is 1.29 bits per heavy atom. The van der Waals surface area contributed by atoms with Crippen LogP contribution in [0.1, 0.15) is 6.92 Å². The Kier molecular flexibility index (Phi) is 6.00. The van der Waals surface area contributed by atoms with Crippen LogP contribution in [0.15, 0.2) is 29.4 Å². The first kappa shape index (κ1) is 13.6. The van der Waals surface area contributed by atoms with Crippen molar-refractivity contribution < 1.29 is 0 Å². The molecule has 78 valence electrons. The molecule has 0 unspecified atom stereocenters. The standard InChI is InChI=1S/C9H10N2S.2ClH/c1-2-12-9-10-7-5-3-4-6-8(7)11-9;;/h3-6H,2H2,1H3,(H,10,11);2*1H. The van der Waals surface area contributed by atoms with Crippen molar-refractivity contribution in [1.82, 2.24) is 9.97 Å². The fourth-order valence-corrected chi connectivity index (χ4v) is 1.75. The number of halogens is 2. The van der Waals surface area contributed by atoms with Gasteiger partial charge in [0.25, 0.3) is 0 Å². The molecular weight excluding hydrogens is 239 g/mol. The first-order chi connectivity index (χ1) is 5.90. The fourth-order valence-electron chi connectivity index (χ4n) is 1.13. The third kappa shape index (κ3) is 2.80. The summed E-state index contributed by atoms with van der Waals surface area (Å²) in [7, 11) is 0. The van der Waals surface area contributed by atoms with Crippen LogP contribution in [0, 0.1) is 0 Å². The fraction of sp³-hybridized carbons (Fsp3) is 0.222. The molecule has 0 spiro atoms. The molecule has 0 atom stereocenters. The molecule has 1 heterocycles. The second-order valence-electron chi connectivity index (χ2n) is 2.49. The third-order valence-electron chi connectivity index (χ3n) is 1.65. The molecule has 0 radical (unpaired) electrons. The monoisotopic (exact) mass is 250 g/mol. The minimum Gasteiger partial charge on any atom is -0.333 e. The van der Waals surface area contributed by atoms with E-state index in [4.69, 9.17) is 0 Å². The second-order valence-corrected chi connectivity index (χ2v) is 3.74. The van der Waals surface area contributed by atoms with Gasteiger partial charge >= 0.3 is 0 Å². The maximum absolute atomic E-state index is 4.41. The molecule has 0 aliphatic heterocycles. The molecule has 1 aromatic heterocycles. The van der Waals surface area contributed by atoms with E-state index in [0.29, 0.717) is 0 Å². The number of benzene rings is 1. The molecule has 0 aliphatic carbocycles. The molecule has 0 saturated carbocycles. The Morgan fingerprint density at radius 3 is 2.64 bits per heavy atom. The quantitative estimate of drug-likeness (QED) is 0.827. The first-order valence-corrected chi connectivity index (χ1v) is 4.96. The maximum atomic E-state index is 4.41. The van der Waals surface area contributed by atoms with Gasteiger partial charge in [0.15, 0.2) is 5.16 Å². The van der Waals surface area contributed by atoms with Crippen LogP contribution in [0.25, 0.3) is 11.0 Å². The highest BCUT2D eigenvalue weighted by Gasteiger charge is 1.99. The topological polar surface area (TPSA) is 28.7 Å². The van der Waals surface area contributed by atoms with Gasteiger partial charge in [-0.05, 0) is 17.9 Å². The van der Waals surface area contributed by atoms with Crippen LogP contribution in [0.2, 0.25) is 0 Å². The van der Waals surface area contributed by atoms with E-state index in [1.165, 1.54) is 0 Å². The molecule has 0 bridgehead atoms. The minimum absolute atomic E-state index is 0. The van der Waals surface area contributed by atoms with E-state index < -0.39 is 0 Å². The highest BCUT2D eigenvalue weighted by atomic mass is 35.5. The number of fused-ring (bicyclic) bond motifs is 1. The largest absolute Gasteiger partial charge is 0.333 e. The summed E-state index contributed by atoms with van der Waals surface area (Å²) in [6, 6.07) is 8.08. The van der Waals surface area contributed by atoms with E-state index in [-0.39, 0.29) is 24.8 Å². The van der Waals surface area contributed by atoms with Gasteiger partial charge in [-0.15, -0.1) is 24.8 Å². The number of H-pyrrole nitrogens is 1. The highest BCUT2D eigenvalue weighted by molar-refractivity contribution is 7.99. The minimum atomic E-state index is 0. The van der Waals surface area contributed by atoms with Gasteiger partial charge in [-0.25, -0.2) is 4.98 Å². The average Bonchev–Trinajstić information content (AvgIpc) is 2.47. The Morgan fingerprint density at radius 2 is 2.00 bits per heavy atom. The summed E-state index contributed by atoms with van der Waals surface area (Å²) in [6.07, 6.45) is 0. The van der Waals surface area contributed by atoms with E-state index in [9.17, 15) is 0 Å². The van der Waals surface area contributed by atoms with Crippen LogP contribution < -0.4 is 0 Å². The van der Waals surface area contributed by atoms with Gasteiger partial charge in [0.05, 0.1) is 11.0 Å². The molecule has 0 fully saturated rings. The predicted molar refractivity (Wildman–Crippen MR) is 67.0 cm³/mol. The summed E-state index contributed by atoms with van der Waals surface area (Å²) < 4.78 is 0. The summed E-state index contributed by atoms with van der Waals surface area (Å²) in [4.78, 5) is 7.66. The van der Waals surface area contributed by atoms with Gasteiger partial charge in [-0.3, -0.25) is 0 Å². The smallest absolute Gasteiger partial charge is 0.166 e. The van der Waals surface area contributed by atoms with Crippen LogP contribution >= 0.6 is 36.6 Å². The van der Waals surface area contributed by atoms with Crippen LogP contribution in [0.5, 0.6) is 0 Å². The summed E-state index contributed by atoms with van der Waals surface area (Å²) >= 11 is 1.73. The molecule has 0 amide bonds. The van der Waals surface area contributed by atoms with Crippen LogP contribution in [0.4, 0.5) is 0 Å². The van der Waals surface area contributed by atoms with Crippen molar-refractivity contribution in [3.63, 3.8) is 0 Å². The van der Waals surface area contributed by atoms with Crippen molar-refractivity contribution in [1.29, 1.82) is 0 Å². The Labute approximate surface area is 99.7 Å². The summed E-state index contributed by atoms with van der Waals surface area (Å²) in [6.45, 7) is 2.12. The molecule has 14 heavy (non-hydrogen) atoms. The molecule has 5 heteroatoms. The molecule has 0 aliphatic rings. The zero-order valence-electron chi connectivity index (χ0n) is 7.69. The Hall–Kier alpha value is -0.380. The van der Waals surface area contributed by atoms with Crippen LogP contribution in [-0.4, -0.2) is 15.7 Å². The van der Waals surface area contributed by atoms with E-state index in [1.54, 1.807) is 11.8 Å². The van der Waals surface area contributed by atoms with Gasteiger partial charge in [0.1, 0.15) is 0 Å².